The molecule has 2 aliphatic rings. The molecule has 4 heterocycles. The third-order valence-electron chi connectivity index (χ3n) is 4.40. The number of nitrogen functional groups attached to an aromatic ring is 1. The summed E-state index contributed by atoms with van der Waals surface area (Å²) in [5.41, 5.74) is 6.49. The number of aromatic nitrogens is 4. The fourth-order valence-electron chi connectivity index (χ4n) is 2.97. The van der Waals surface area contributed by atoms with Crippen molar-refractivity contribution in [2.24, 2.45) is 0 Å². The van der Waals surface area contributed by atoms with Gasteiger partial charge in [0, 0.05) is 0 Å². The van der Waals surface area contributed by atoms with Crippen molar-refractivity contribution in [2.45, 2.75) is 24.5 Å². The molecule has 2 aromatic rings. The summed E-state index contributed by atoms with van der Waals surface area (Å²) in [6.07, 6.45) is -1.15. The first-order valence-electron chi connectivity index (χ1n) is 8.29. The molecule has 0 aliphatic carbocycles. The lowest BCUT2D eigenvalue weighted by Crippen LogP contribution is -2.39. The number of ketones is 2. The second-order valence-corrected chi connectivity index (χ2v) is 10.8. The lowest BCUT2D eigenvalue weighted by Gasteiger charge is -2.30. The van der Waals surface area contributed by atoms with E-state index >= 15 is 0 Å². The number of imidazole rings is 1. The van der Waals surface area contributed by atoms with Gasteiger partial charge in [-0.1, -0.05) is 15.9 Å². The average Bonchev–Trinajstić information content (AvgIpc) is 3.28. The first-order valence-corrected chi connectivity index (χ1v) is 12.5. The van der Waals surface area contributed by atoms with Crippen LogP contribution in [0.15, 0.2) is 12.7 Å². The summed E-state index contributed by atoms with van der Waals surface area (Å²) >= 11 is 3.50. The number of fused-ring (bicyclic) bond motifs is 2. The maximum atomic E-state index is 12.8. The van der Waals surface area contributed by atoms with Gasteiger partial charge in [0.2, 0.25) is 11.6 Å². The highest BCUT2D eigenvalue weighted by atomic mass is 79.9. The molecule has 15 heteroatoms. The van der Waals surface area contributed by atoms with Crippen molar-refractivity contribution in [2.75, 3.05) is 23.4 Å². The van der Waals surface area contributed by atoms with Crippen molar-refractivity contribution in [3.05, 3.63) is 12.7 Å². The van der Waals surface area contributed by atoms with Crippen molar-refractivity contribution in [1.29, 1.82) is 0 Å². The van der Waals surface area contributed by atoms with Crippen molar-refractivity contribution >= 4 is 62.7 Å². The highest BCUT2D eigenvalue weighted by Gasteiger charge is 2.53. The maximum absolute atomic E-state index is 12.8. The maximum Gasteiger partial charge on any atom is 0.390 e. The molecular formula is C14H15BrN5O7PS. The van der Waals surface area contributed by atoms with Crippen molar-refractivity contribution in [1.82, 2.24) is 19.5 Å². The Bertz CT molecular complexity index is 1020. The number of anilines is 1. The molecule has 2 aliphatic heterocycles. The van der Waals surface area contributed by atoms with E-state index in [9.17, 15) is 19.3 Å². The number of carbonyl (C=O) groups excluding carboxylic acids is 2. The van der Waals surface area contributed by atoms with Gasteiger partial charge in [0.05, 0.1) is 24.0 Å². The minimum absolute atomic E-state index is 0.118. The van der Waals surface area contributed by atoms with E-state index in [0.29, 0.717) is 22.5 Å². The highest BCUT2D eigenvalue weighted by molar-refractivity contribution is 9.09. The normalized spacial score (nSPS) is 31.7. The van der Waals surface area contributed by atoms with Crippen LogP contribution < -0.4 is 5.73 Å². The lowest BCUT2D eigenvalue weighted by atomic mass is 10.1. The van der Waals surface area contributed by atoms with Crippen molar-refractivity contribution in [3.8, 4) is 0 Å². The van der Waals surface area contributed by atoms with Gasteiger partial charge in [-0.25, -0.2) is 19.5 Å². The van der Waals surface area contributed by atoms with E-state index in [2.05, 4.69) is 30.9 Å². The number of rotatable bonds is 6. The quantitative estimate of drug-likeness (QED) is 0.315. The molecule has 4 rings (SSSR count). The van der Waals surface area contributed by atoms with Crippen LogP contribution in [0.2, 0.25) is 0 Å². The van der Waals surface area contributed by atoms with E-state index in [0.717, 1.165) is 0 Å². The molecule has 29 heavy (non-hydrogen) atoms. The summed E-state index contributed by atoms with van der Waals surface area (Å²) in [5.74, 6) is -1.53. The van der Waals surface area contributed by atoms with Crippen molar-refractivity contribution < 1.29 is 33.0 Å². The van der Waals surface area contributed by atoms with Crippen LogP contribution in [-0.4, -0.2) is 72.2 Å². The molecule has 0 saturated carbocycles. The zero-order chi connectivity index (χ0) is 20.8. The molecule has 0 aromatic carbocycles. The number of hydrogen-bond acceptors (Lipinski definition) is 12. The van der Waals surface area contributed by atoms with Crippen LogP contribution >= 0.6 is 34.1 Å². The SMILES string of the molecule is Nc1ncnc2c1ncn2C1OC2COP(=O)(SCC(=O)C(=O)CBr)OC2C1O. The van der Waals surface area contributed by atoms with E-state index < -0.39 is 42.9 Å². The van der Waals surface area contributed by atoms with Gasteiger partial charge in [0.1, 0.15) is 30.2 Å². The van der Waals surface area contributed by atoms with Gasteiger partial charge in [-0.05, 0) is 11.4 Å². The van der Waals surface area contributed by atoms with Crippen LogP contribution in [0.1, 0.15) is 6.23 Å². The largest absolute Gasteiger partial charge is 0.390 e. The van der Waals surface area contributed by atoms with Crippen LogP contribution in [0.3, 0.4) is 0 Å². The fourth-order valence-corrected chi connectivity index (χ4v) is 6.52. The van der Waals surface area contributed by atoms with E-state index in [1.165, 1.54) is 17.2 Å². The Morgan fingerprint density at radius 1 is 1.38 bits per heavy atom. The molecule has 12 nitrogen and oxygen atoms in total. The van der Waals surface area contributed by atoms with Crippen LogP contribution in [0.4, 0.5) is 5.82 Å². The molecule has 5 atom stereocenters. The van der Waals surface area contributed by atoms with Gasteiger partial charge < -0.3 is 15.6 Å². The first-order chi connectivity index (χ1) is 13.8. The zero-order valence-corrected chi connectivity index (χ0v) is 17.9. The van der Waals surface area contributed by atoms with Gasteiger partial charge in [-0.2, -0.15) is 0 Å². The van der Waals surface area contributed by atoms with Crippen LogP contribution in [0, 0.1) is 0 Å². The predicted molar refractivity (Wildman–Crippen MR) is 104 cm³/mol. The Hall–Kier alpha value is -1.41. The second-order valence-electron chi connectivity index (χ2n) is 6.21. The topological polar surface area (TPSA) is 169 Å². The predicted octanol–water partition coefficient (Wildman–Crippen LogP) is 0.457. The Morgan fingerprint density at radius 2 is 2.17 bits per heavy atom. The number of aliphatic hydroxyl groups is 1. The lowest BCUT2D eigenvalue weighted by molar-refractivity contribution is -0.133. The van der Waals surface area contributed by atoms with Gasteiger partial charge in [-0.15, -0.1) is 0 Å². The molecule has 2 aromatic heterocycles. The second kappa shape index (κ2) is 8.02. The number of nitrogens with zero attached hydrogens (tertiary/aromatic N) is 4. The van der Waals surface area contributed by atoms with Gasteiger partial charge in [0.15, 0.2) is 17.7 Å². The fraction of sp³-hybridized carbons (Fsp3) is 0.500. The van der Waals surface area contributed by atoms with Gasteiger partial charge in [-0.3, -0.25) is 23.2 Å². The molecule has 0 radical (unpaired) electrons. The van der Waals surface area contributed by atoms with Crippen LogP contribution in [-0.2, 0) is 27.9 Å². The number of aliphatic hydroxyl groups excluding tert-OH is 1. The summed E-state index contributed by atoms with van der Waals surface area (Å²) < 4.78 is 30.9. The number of halogens is 1. The Labute approximate surface area is 175 Å². The monoisotopic (exact) mass is 507 g/mol. The highest BCUT2D eigenvalue weighted by Crippen LogP contribution is 2.65. The third kappa shape index (κ3) is 3.85. The van der Waals surface area contributed by atoms with Crippen molar-refractivity contribution in [3.63, 3.8) is 0 Å². The summed E-state index contributed by atoms with van der Waals surface area (Å²) in [6, 6.07) is 0. The smallest absolute Gasteiger partial charge is 0.386 e. The first kappa shape index (κ1) is 20.8. The molecule has 5 unspecified atom stereocenters. The molecule has 0 bridgehead atoms. The molecule has 156 valence electrons. The van der Waals surface area contributed by atoms with Gasteiger partial charge >= 0.3 is 6.80 Å². The Morgan fingerprint density at radius 3 is 2.93 bits per heavy atom. The van der Waals surface area contributed by atoms with E-state index in [-0.39, 0.29) is 23.5 Å². The number of ether oxygens (including phenoxy) is 1. The van der Waals surface area contributed by atoms with E-state index in [4.69, 9.17) is 19.5 Å². The summed E-state index contributed by atoms with van der Waals surface area (Å²) in [6.45, 7) is -3.88. The molecule has 3 N–H and O–H groups in total. The van der Waals surface area contributed by atoms with E-state index in [1.54, 1.807) is 0 Å². The van der Waals surface area contributed by atoms with Crippen LogP contribution in [0.25, 0.3) is 11.2 Å². The van der Waals surface area contributed by atoms with Gasteiger partial charge in [0.25, 0.3) is 0 Å². The Kier molecular flexibility index (Phi) is 5.77. The number of nitrogens with two attached hydrogens (primary N) is 1. The number of Topliss-reactive ketones (excluding diaryl/α,β-unsaturated/α-hetero) is 2. The summed E-state index contributed by atoms with van der Waals surface area (Å²) in [7, 11) is 0. The molecule has 0 amide bonds. The Balaban J connectivity index is 1.50. The molecule has 2 saturated heterocycles. The summed E-state index contributed by atoms with van der Waals surface area (Å²) in [5, 5.41) is 10.6. The average molecular weight is 508 g/mol. The molecule has 0 spiro atoms. The minimum Gasteiger partial charge on any atom is -0.386 e. The summed E-state index contributed by atoms with van der Waals surface area (Å²) in [4.78, 5) is 35.1. The standard InChI is InChI=1S/C14H15BrN5O7PS/c15-1-6(21)7(22)3-29-28(24)25-2-8-11(27-28)10(23)14(26-8)20-5-19-9-12(16)17-4-18-13(9)20/h4-5,8,10-11,14,23H,1-3H2,(H2,16,17,18). The number of carbonyl (C=O) groups is 2. The number of hydrogen-bond donors (Lipinski definition) is 2. The zero-order valence-electron chi connectivity index (χ0n) is 14.6. The molecular weight excluding hydrogens is 493 g/mol. The van der Waals surface area contributed by atoms with Crippen LogP contribution in [0.5, 0.6) is 0 Å². The number of alkyl halides is 1. The molecule has 2 fully saturated rings. The van der Waals surface area contributed by atoms with E-state index in [1.807, 2.05) is 0 Å². The minimum atomic E-state index is -3.77. The third-order valence-corrected chi connectivity index (χ3v) is 8.50.